The van der Waals surface area contributed by atoms with Crippen LogP contribution in [0.2, 0.25) is 0 Å². The fourth-order valence-electron chi connectivity index (χ4n) is 3.23. The minimum Gasteiger partial charge on any atom is -0.298 e. The van der Waals surface area contributed by atoms with Gasteiger partial charge in [-0.2, -0.15) is 0 Å². The average molecular weight is 267 g/mol. The van der Waals surface area contributed by atoms with E-state index in [4.69, 9.17) is 0 Å². The van der Waals surface area contributed by atoms with E-state index < -0.39 is 0 Å². The third-order valence-corrected chi connectivity index (χ3v) is 5.11. The smallest absolute Gasteiger partial charge is 0.153 e. The summed E-state index contributed by atoms with van der Waals surface area (Å²) in [4.78, 5) is 15.2. The molecule has 1 aliphatic heterocycles. The summed E-state index contributed by atoms with van der Waals surface area (Å²) in [6.07, 6.45) is 9.13. The van der Waals surface area contributed by atoms with E-state index >= 15 is 0 Å². The van der Waals surface area contributed by atoms with Crippen molar-refractivity contribution in [2.75, 3.05) is 13.1 Å². The average Bonchev–Trinajstić information content (AvgIpc) is 2.96. The van der Waals surface area contributed by atoms with Crippen LogP contribution in [0.5, 0.6) is 0 Å². The molecule has 0 aliphatic carbocycles. The number of hydrogen-bond acceptors (Lipinski definition) is 2. The molecule has 1 saturated heterocycles. The molecule has 0 aromatic heterocycles. The second kappa shape index (κ2) is 8.04. The van der Waals surface area contributed by atoms with Crippen LogP contribution in [0.25, 0.3) is 0 Å². The Bertz CT molecular complexity index is 270. The van der Waals surface area contributed by atoms with Crippen LogP contribution in [0.3, 0.4) is 0 Å². The van der Waals surface area contributed by atoms with Crippen molar-refractivity contribution in [2.24, 2.45) is 5.92 Å². The zero-order chi connectivity index (χ0) is 14.3. The van der Waals surface area contributed by atoms with E-state index in [0.717, 1.165) is 32.4 Å². The number of carbonyl (C=O) groups excluding carboxylic acids is 1. The first-order valence-corrected chi connectivity index (χ1v) is 8.36. The van der Waals surface area contributed by atoms with Gasteiger partial charge in [0.05, 0.1) is 5.54 Å². The van der Waals surface area contributed by atoms with Crippen molar-refractivity contribution in [1.82, 2.24) is 4.90 Å². The highest BCUT2D eigenvalue weighted by Gasteiger charge is 2.38. The quantitative estimate of drug-likeness (QED) is 0.616. The van der Waals surface area contributed by atoms with Crippen LogP contribution in [-0.4, -0.2) is 29.3 Å². The monoisotopic (exact) mass is 267 g/mol. The minimum atomic E-state index is -0.198. The summed E-state index contributed by atoms with van der Waals surface area (Å²) in [5.74, 6) is 1.08. The van der Waals surface area contributed by atoms with Crippen molar-refractivity contribution < 1.29 is 4.79 Å². The molecule has 0 radical (unpaired) electrons. The Morgan fingerprint density at radius 3 is 2.32 bits per heavy atom. The van der Waals surface area contributed by atoms with Gasteiger partial charge in [0.2, 0.25) is 0 Å². The van der Waals surface area contributed by atoms with E-state index in [-0.39, 0.29) is 5.54 Å². The van der Waals surface area contributed by atoms with Crippen molar-refractivity contribution in [1.29, 1.82) is 0 Å². The maximum atomic E-state index is 12.8. The van der Waals surface area contributed by atoms with Crippen LogP contribution in [0.1, 0.15) is 79.1 Å². The summed E-state index contributed by atoms with van der Waals surface area (Å²) >= 11 is 0. The first kappa shape index (κ1) is 16.7. The molecule has 0 aromatic rings. The first-order chi connectivity index (χ1) is 9.08. The lowest BCUT2D eigenvalue weighted by atomic mass is 9.83. The molecular formula is C17H33NO. The van der Waals surface area contributed by atoms with Crippen LogP contribution in [0, 0.1) is 5.92 Å². The zero-order valence-corrected chi connectivity index (χ0v) is 13.5. The molecule has 2 nitrogen and oxygen atoms in total. The molecule has 1 heterocycles. The largest absolute Gasteiger partial charge is 0.298 e. The Morgan fingerprint density at radius 2 is 1.84 bits per heavy atom. The SMILES string of the molecule is CCCCC(CC)CC(=O)C(C)(CC)N1CCCC1. The predicted octanol–water partition coefficient (Wildman–Crippen LogP) is 4.43. The van der Waals surface area contributed by atoms with E-state index in [1.165, 1.54) is 32.1 Å². The molecule has 1 rings (SSSR count). The second-order valence-corrected chi connectivity index (χ2v) is 6.37. The number of unbranched alkanes of at least 4 members (excludes halogenated alkanes) is 1. The molecule has 2 heteroatoms. The van der Waals surface area contributed by atoms with Crippen molar-refractivity contribution in [3.05, 3.63) is 0 Å². The van der Waals surface area contributed by atoms with Gasteiger partial charge in [-0.05, 0) is 45.2 Å². The molecule has 19 heavy (non-hydrogen) atoms. The Labute approximate surface area is 119 Å². The van der Waals surface area contributed by atoms with E-state index in [9.17, 15) is 4.79 Å². The van der Waals surface area contributed by atoms with E-state index in [2.05, 4.69) is 32.6 Å². The fourth-order valence-corrected chi connectivity index (χ4v) is 3.23. The van der Waals surface area contributed by atoms with Crippen LogP contribution in [0.15, 0.2) is 0 Å². The third-order valence-electron chi connectivity index (χ3n) is 5.11. The van der Waals surface area contributed by atoms with Gasteiger partial charge in [-0.15, -0.1) is 0 Å². The van der Waals surface area contributed by atoms with E-state index in [1.54, 1.807) is 0 Å². The van der Waals surface area contributed by atoms with Crippen molar-refractivity contribution in [2.45, 2.75) is 84.6 Å². The van der Waals surface area contributed by atoms with Crippen LogP contribution < -0.4 is 0 Å². The molecule has 1 aliphatic rings. The maximum absolute atomic E-state index is 12.8. The summed E-state index contributed by atoms with van der Waals surface area (Å²) in [5, 5.41) is 0. The van der Waals surface area contributed by atoms with Gasteiger partial charge in [0, 0.05) is 6.42 Å². The molecule has 0 saturated carbocycles. The Hall–Kier alpha value is -0.370. The summed E-state index contributed by atoms with van der Waals surface area (Å²) in [5.41, 5.74) is -0.198. The lowest BCUT2D eigenvalue weighted by Gasteiger charge is -2.37. The minimum absolute atomic E-state index is 0.198. The number of Topliss-reactive ketones (excluding diaryl/α,β-unsaturated/α-hetero) is 1. The number of rotatable bonds is 9. The summed E-state index contributed by atoms with van der Waals surface area (Å²) in [6, 6.07) is 0. The number of hydrogen-bond donors (Lipinski definition) is 0. The molecule has 2 unspecified atom stereocenters. The number of nitrogens with zero attached hydrogens (tertiary/aromatic N) is 1. The molecular weight excluding hydrogens is 234 g/mol. The highest BCUT2D eigenvalue weighted by Crippen LogP contribution is 2.29. The first-order valence-electron chi connectivity index (χ1n) is 8.36. The standard InChI is InChI=1S/C17H33NO/c1-5-8-11-15(6-2)14-16(19)17(4,7-3)18-12-9-10-13-18/h15H,5-14H2,1-4H3. The van der Waals surface area contributed by atoms with Crippen molar-refractivity contribution >= 4 is 5.78 Å². The Morgan fingerprint density at radius 1 is 1.21 bits per heavy atom. The van der Waals surface area contributed by atoms with Gasteiger partial charge in [0.1, 0.15) is 0 Å². The van der Waals surface area contributed by atoms with Gasteiger partial charge in [-0.25, -0.2) is 0 Å². The fraction of sp³-hybridized carbons (Fsp3) is 0.941. The molecule has 0 spiro atoms. The highest BCUT2D eigenvalue weighted by molar-refractivity contribution is 5.88. The third kappa shape index (κ3) is 4.30. The van der Waals surface area contributed by atoms with Gasteiger partial charge < -0.3 is 0 Å². The van der Waals surface area contributed by atoms with Crippen LogP contribution in [-0.2, 0) is 4.79 Å². The number of carbonyl (C=O) groups is 1. The van der Waals surface area contributed by atoms with Crippen LogP contribution in [0.4, 0.5) is 0 Å². The maximum Gasteiger partial charge on any atom is 0.153 e. The Kier molecular flexibility index (Phi) is 7.06. The lowest BCUT2D eigenvalue weighted by Crippen LogP contribution is -2.51. The van der Waals surface area contributed by atoms with Crippen molar-refractivity contribution in [3.63, 3.8) is 0 Å². The van der Waals surface area contributed by atoms with Gasteiger partial charge in [0.15, 0.2) is 5.78 Å². The highest BCUT2D eigenvalue weighted by atomic mass is 16.1. The number of ketones is 1. The van der Waals surface area contributed by atoms with Gasteiger partial charge in [0.25, 0.3) is 0 Å². The zero-order valence-electron chi connectivity index (χ0n) is 13.5. The molecule has 112 valence electrons. The predicted molar refractivity (Wildman–Crippen MR) is 82.4 cm³/mol. The summed E-state index contributed by atoms with van der Waals surface area (Å²) < 4.78 is 0. The normalized spacial score (nSPS) is 21.3. The molecule has 0 aromatic carbocycles. The van der Waals surface area contributed by atoms with Gasteiger partial charge in [-0.3, -0.25) is 9.69 Å². The van der Waals surface area contributed by atoms with E-state index in [1.807, 2.05) is 0 Å². The van der Waals surface area contributed by atoms with Gasteiger partial charge in [-0.1, -0.05) is 46.5 Å². The lowest BCUT2D eigenvalue weighted by molar-refractivity contribution is -0.131. The Balaban J connectivity index is 2.61. The molecule has 0 amide bonds. The van der Waals surface area contributed by atoms with Crippen molar-refractivity contribution in [3.8, 4) is 0 Å². The molecule has 0 N–H and O–H groups in total. The summed E-state index contributed by atoms with van der Waals surface area (Å²) in [7, 11) is 0. The second-order valence-electron chi connectivity index (χ2n) is 6.37. The van der Waals surface area contributed by atoms with Crippen LogP contribution >= 0.6 is 0 Å². The molecule has 1 fully saturated rings. The molecule has 0 bridgehead atoms. The number of likely N-dealkylation sites (tertiary alicyclic amines) is 1. The summed E-state index contributed by atoms with van der Waals surface area (Å²) in [6.45, 7) is 11.0. The topological polar surface area (TPSA) is 20.3 Å². The van der Waals surface area contributed by atoms with E-state index in [0.29, 0.717) is 11.7 Å². The molecule has 2 atom stereocenters. The van der Waals surface area contributed by atoms with Gasteiger partial charge >= 0.3 is 0 Å².